The van der Waals surface area contributed by atoms with E-state index >= 15 is 0 Å². The monoisotopic (exact) mass is 289 g/mol. The van der Waals surface area contributed by atoms with Crippen LogP contribution in [0.5, 0.6) is 0 Å². The highest BCUT2D eigenvalue weighted by Crippen LogP contribution is 2.17. The molecule has 0 aliphatic rings. The molecule has 0 aliphatic carbocycles. The van der Waals surface area contributed by atoms with Crippen LogP contribution >= 0.6 is 0 Å². The number of benzene rings is 1. The van der Waals surface area contributed by atoms with Crippen molar-refractivity contribution in [3.63, 3.8) is 0 Å². The molecule has 0 aliphatic heterocycles. The first-order valence-corrected chi connectivity index (χ1v) is 6.81. The van der Waals surface area contributed by atoms with Gasteiger partial charge >= 0.3 is 5.97 Å². The second kappa shape index (κ2) is 6.99. The van der Waals surface area contributed by atoms with Crippen LogP contribution in [0, 0.1) is 6.92 Å². The van der Waals surface area contributed by atoms with Gasteiger partial charge in [0.25, 0.3) is 5.89 Å². The van der Waals surface area contributed by atoms with Crippen LogP contribution in [0.4, 0.5) is 0 Å². The average Bonchev–Trinajstić information content (AvgIpc) is 2.95. The zero-order valence-electron chi connectivity index (χ0n) is 12.5. The van der Waals surface area contributed by atoms with Crippen LogP contribution < -0.4 is 0 Å². The van der Waals surface area contributed by atoms with E-state index in [-0.39, 0.29) is 12.5 Å². The maximum Gasteiger partial charge on any atom is 0.319 e. The number of esters is 1. The van der Waals surface area contributed by atoms with Crippen molar-refractivity contribution in [2.75, 3.05) is 20.2 Å². The highest BCUT2D eigenvalue weighted by atomic mass is 16.5. The highest BCUT2D eigenvalue weighted by Gasteiger charge is 2.14. The first kappa shape index (κ1) is 15.2. The summed E-state index contributed by atoms with van der Waals surface area (Å²) < 4.78 is 9.92. The molecule has 6 nitrogen and oxygen atoms in total. The van der Waals surface area contributed by atoms with Crippen LogP contribution in [0.3, 0.4) is 0 Å². The molecule has 0 unspecified atom stereocenters. The molecule has 6 heteroatoms. The summed E-state index contributed by atoms with van der Waals surface area (Å²) in [6.07, 6.45) is 0. The lowest BCUT2D eigenvalue weighted by Gasteiger charge is -2.16. The molecule has 2 aromatic rings. The van der Waals surface area contributed by atoms with Gasteiger partial charge in [0, 0.05) is 5.56 Å². The lowest BCUT2D eigenvalue weighted by atomic mass is 10.1. The quantitative estimate of drug-likeness (QED) is 0.758. The Kier molecular flexibility index (Phi) is 5.05. The lowest BCUT2D eigenvalue weighted by Crippen LogP contribution is -2.30. The van der Waals surface area contributed by atoms with Gasteiger partial charge in [0.1, 0.15) is 0 Å². The normalized spacial score (nSPS) is 10.9. The second-order valence-corrected chi connectivity index (χ2v) is 4.76. The van der Waals surface area contributed by atoms with Crippen LogP contribution in [0.15, 0.2) is 28.8 Å². The van der Waals surface area contributed by atoms with E-state index in [4.69, 9.17) is 4.52 Å². The van der Waals surface area contributed by atoms with E-state index in [1.54, 1.807) is 0 Å². The minimum Gasteiger partial charge on any atom is -0.468 e. The highest BCUT2D eigenvalue weighted by molar-refractivity contribution is 5.71. The van der Waals surface area contributed by atoms with Gasteiger partial charge in [0.05, 0.1) is 20.2 Å². The Morgan fingerprint density at radius 1 is 1.33 bits per heavy atom. The average molecular weight is 289 g/mol. The fraction of sp³-hybridized carbons (Fsp3) is 0.400. The third-order valence-corrected chi connectivity index (χ3v) is 3.16. The number of hydrogen-bond acceptors (Lipinski definition) is 6. The number of carbonyl (C=O) groups is 1. The number of ether oxygens (including phenoxy) is 1. The van der Waals surface area contributed by atoms with E-state index in [2.05, 4.69) is 14.9 Å². The summed E-state index contributed by atoms with van der Waals surface area (Å²) in [5.74, 6) is 0.759. The van der Waals surface area contributed by atoms with Crippen molar-refractivity contribution in [2.24, 2.45) is 0 Å². The number of hydrogen-bond donors (Lipinski definition) is 0. The topological polar surface area (TPSA) is 68.5 Å². The third-order valence-electron chi connectivity index (χ3n) is 3.16. The number of methoxy groups -OCH3 is 1. The molecule has 0 radical (unpaired) electrons. The van der Waals surface area contributed by atoms with Crippen molar-refractivity contribution in [1.82, 2.24) is 15.0 Å². The van der Waals surface area contributed by atoms with E-state index in [1.165, 1.54) is 12.7 Å². The Balaban J connectivity index is 2.05. The number of likely N-dealkylation sites (N-methyl/N-ethyl adjacent to an activating group) is 1. The Bertz CT molecular complexity index is 592. The van der Waals surface area contributed by atoms with Gasteiger partial charge in [0.2, 0.25) is 0 Å². The van der Waals surface area contributed by atoms with Gasteiger partial charge in [0.15, 0.2) is 5.82 Å². The SMILES string of the molecule is CCN(CC(=O)OC)Cc1noc(-c2ccc(C)cc2)n1. The van der Waals surface area contributed by atoms with Crippen molar-refractivity contribution in [2.45, 2.75) is 20.4 Å². The predicted octanol–water partition coefficient (Wildman–Crippen LogP) is 2.04. The molecule has 0 amide bonds. The molecular formula is C15H19N3O3. The fourth-order valence-electron chi connectivity index (χ4n) is 1.86. The molecule has 0 saturated heterocycles. The minimum atomic E-state index is -0.279. The smallest absolute Gasteiger partial charge is 0.319 e. The van der Waals surface area contributed by atoms with E-state index < -0.39 is 0 Å². The Morgan fingerprint density at radius 2 is 2.05 bits per heavy atom. The molecular weight excluding hydrogens is 270 g/mol. The maximum absolute atomic E-state index is 11.3. The van der Waals surface area contributed by atoms with Crippen LogP contribution in [0.1, 0.15) is 18.3 Å². The Labute approximate surface area is 123 Å². The number of nitrogens with zero attached hydrogens (tertiary/aromatic N) is 3. The summed E-state index contributed by atoms with van der Waals surface area (Å²) in [4.78, 5) is 17.5. The standard InChI is InChI=1S/C15H19N3O3/c1-4-18(10-14(19)20-3)9-13-16-15(21-17-13)12-7-5-11(2)6-8-12/h5-8H,4,9-10H2,1-3H3. The van der Waals surface area contributed by atoms with Gasteiger partial charge in [-0.1, -0.05) is 29.8 Å². The van der Waals surface area contributed by atoms with E-state index in [1.807, 2.05) is 43.0 Å². The number of rotatable bonds is 6. The third kappa shape index (κ3) is 4.13. The molecule has 0 N–H and O–H groups in total. The van der Waals surface area contributed by atoms with E-state index in [0.717, 1.165) is 5.56 Å². The summed E-state index contributed by atoms with van der Waals surface area (Å²) in [5, 5.41) is 3.96. The zero-order chi connectivity index (χ0) is 15.2. The maximum atomic E-state index is 11.3. The first-order chi connectivity index (χ1) is 10.1. The van der Waals surface area contributed by atoms with Gasteiger partial charge in [-0.2, -0.15) is 4.98 Å². The Hall–Kier alpha value is -2.21. The van der Waals surface area contributed by atoms with Crippen molar-refractivity contribution in [3.8, 4) is 11.5 Å². The van der Waals surface area contributed by atoms with Crippen molar-refractivity contribution < 1.29 is 14.1 Å². The molecule has 21 heavy (non-hydrogen) atoms. The van der Waals surface area contributed by atoms with Crippen LogP contribution in [-0.2, 0) is 16.1 Å². The van der Waals surface area contributed by atoms with Gasteiger partial charge in [-0.15, -0.1) is 0 Å². The molecule has 1 aromatic heterocycles. The molecule has 0 saturated carbocycles. The Morgan fingerprint density at radius 3 is 2.67 bits per heavy atom. The fourth-order valence-corrected chi connectivity index (χ4v) is 1.86. The van der Waals surface area contributed by atoms with Crippen LogP contribution in [0.2, 0.25) is 0 Å². The molecule has 1 aromatic carbocycles. The molecule has 2 rings (SSSR count). The molecule has 1 heterocycles. The largest absolute Gasteiger partial charge is 0.468 e. The van der Waals surface area contributed by atoms with Gasteiger partial charge in [-0.25, -0.2) is 0 Å². The summed E-state index contributed by atoms with van der Waals surface area (Å²) >= 11 is 0. The zero-order valence-corrected chi connectivity index (χ0v) is 12.5. The van der Waals surface area contributed by atoms with Crippen molar-refractivity contribution in [3.05, 3.63) is 35.7 Å². The summed E-state index contributed by atoms with van der Waals surface area (Å²) in [5.41, 5.74) is 2.06. The van der Waals surface area contributed by atoms with E-state index in [0.29, 0.717) is 24.8 Å². The number of aromatic nitrogens is 2. The van der Waals surface area contributed by atoms with Gasteiger partial charge < -0.3 is 9.26 Å². The molecule has 0 fully saturated rings. The lowest BCUT2D eigenvalue weighted by molar-refractivity contribution is -0.142. The predicted molar refractivity (Wildman–Crippen MR) is 77.4 cm³/mol. The van der Waals surface area contributed by atoms with Gasteiger partial charge in [-0.3, -0.25) is 9.69 Å². The minimum absolute atomic E-state index is 0.210. The molecule has 0 spiro atoms. The number of aryl methyl sites for hydroxylation is 1. The van der Waals surface area contributed by atoms with Crippen LogP contribution in [0.25, 0.3) is 11.5 Å². The van der Waals surface area contributed by atoms with Crippen LogP contribution in [-0.4, -0.2) is 41.2 Å². The molecule has 0 bridgehead atoms. The first-order valence-electron chi connectivity index (χ1n) is 6.81. The molecule has 112 valence electrons. The number of carbonyl (C=O) groups excluding carboxylic acids is 1. The second-order valence-electron chi connectivity index (χ2n) is 4.76. The van der Waals surface area contributed by atoms with Crippen molar-refractivity contribution in [1.29, 1.82) is 0 Å². The summed E-state index contributed by atoms with van der Waals surface area (Å²) in [7, 11) is 1.38. The summed E-state index contributed by atoms with van der Waals surface area (Å²) in [6, 6.07) is 7.88. The summed E-state index contributed by atoms with van der Waals surface area (Å²) in [6.45, 7) is 5.34. The van der Waals surface area contributed by atoms with Gasteiger partial charge in [-0.05, 0) is 25.6 Å². The molecule has 0 atom stereocenters. The van der Waals surface area contributed by atoms with Crippen molar-refractivity contribution >= 4 is 5.97 Å². The van der Waals surface area contributed by atoms with E-state index in [9.17, 15) is 4.79 Å².